The molecular weight excluding hydrogens is 374 g/mol. The highest BCUT2D eigenvalue weighted by atomic mass is 32.2. The molecule has 4 rings (SSSR count). The molecule has 10 heteroatoms. The zero-order valence-corrected chi connectivity index (χ0v) is 14.8. The van der Waals surface area contributed by atoms with Gasteiger partial charge in [0.15, 0.2) is 10.3 Å². The van der Waals surface area contributed by atoms with E-state index in [-0.39, 0.29) is 17.3 Å². The molecule has 2 aromatic heterocycles. The fourth-order valence-electron chi connectivity index (χ4n) is 2.37. The highest BCUT2D eigenvalue weighted by Gasteiger charge is 2.12. The lowest BCUT2D eigenvalue weighted by atomic mass is 10.3. The van der Waals surface area contributed by atoms with E-state index in [1.807, 2.05) is 24.3 Å². The molecule has 0 aliphatic rings. The number of aromatic amines is 1. The molecule has 2 aromatic carbocycles. The first kappa shape index (κ1) is 16.5. The second kappa shape index (κ2) is 6.73. The molecule has 8 nitrogen and oxygen atoms in total. The zero-order chi connectivity index (χ0) is 18.1. The Morgan fingerprint density at radius 2 is 2.08 bits per heavy atom. The van der Waals surface area contributed by atoms with Gasteiger partial charge in [-0.05, 0) is 18.2 Å². The summed E-state index contributed by atoms with van der Waals surface area (Å²) >= 11 is 2.64. The second-order valence-corrected chi connectivity index (χ2v) is 7.32. The van der Waals surface area contributed by atoms with E-state index in [4.69, 9.17) is 0 Å². The Balaban J connectivity index is 1.42. The lowest BCUT2D eigenvalue weighted by molar-refractivity contribution is -0.384. The maximum Gasteiger partial charge on any atom is 0.271 e. The molecule has 0 unspecified atom stereocenters. The van der Waals surface area contributed by atoms with Gasteiger partial charge in [-0.3, -0.25) is 14.9 Å². The summed E-state index contributed by atoms with van der Waals surface area (Å²) in [5.41, 5.74) is 2.02. The number of imidazole rings is 1. The van der Waals surface area contributed by atoms with E-state index in [2.05, 4.69) is 20.3 Å². The van der Waals surface area contributed by atoms with Crippen molar-refractivity contribution < 1.29 is 9.72 Å². The van der Waals surface area contributed by atoms with E-state index in [0.29, 0.717) is 21.3 Å². The predicted molar refractivity (Wildman–Crippen MR) is 102 cm³/mol. The number of benzene rings is 2. The number of anilines is 1. The number of carbonyl (C=O) groups excluding carboxylic acids is 1. The molecule has 0 bridgehead atoms. The molecule has 0 radical (unpaired) electrons. The number of carbonyl (C=O) groups is 1. The van der Waals surface area contributed by atoms with Crippen molar-refractivity contribution in [3.63, 3.8) is 0 Å². The highest BCUT2D eigenvalue weighted by molar-refractivity contribution is 7.99. The maximum atomic E-state index is 12.1. The van der Waals surface area contributed by atoms with Gasteiger partial charge in [0.25, 0.3) is 5.69 Å². The number of aromatic nitrogens is 3. The van der Waals surface area contributed by atoms with Gasteiger partial charge in [-0.2, -0.15) is 0 Å². The molecule has 0 saturated heterocycles. The Hall–Kier alpha value is -2.98. The molecule has 0 aliphatic heterocycles. The van der Waals surface area contributed by atoms with Crippen LogP contribution in [0.2, 0.25) is 0 Å². The quantitative estimate of drug-likeness (QED) is 0.307. The van der Waals surface area contributed by atoms with E-state index in [9.17, 15) is 14.9 Å². The number of fused-ring (bicyclic) bond motifs is 2. The van der Waals surface area contributed by atoms with Gasteiger partial charge < -0.3 is 10.3 Å². The third-order valence-corrected chi connectivity index (χ3v) is 5.36. The van der Waals surface area contributed by atoms with Crippen LogP contribution >= 0.6 is 23.1 Å². The standard InChI is InChI=1S/C16H11N5O3S2/c22-14(20-16-18-11-3-1-2-4-13(11)26-16)8-25-15-17-10-6-5-9(21(23)24)7-12(10)19-15/h1-7H,8H2,(H,17,19)(H,18,20,22). The molecule has 2 N–H and O–H groups in total. The Morgan fingerprint density at radius 3 is 2.88 bits per heavy atom. The van der Waals surface area contributed by atoms with Gasteiger partial charge in [-0.25, -0.2) is 9.97 Å². The number of amides is 1. The van der Waals surface area contributed by atoms with E-state index in [1.165, 1.54) is 35.2 Å². The summed E-state index contributed by atoms with van der Waals surface area (Å²) in [6, 6.07) is 12.1. The van der Waals surface area contributed by atoms with Gasteiger partial charge >= 0.3 is 0 Å². The largest absolute Gasteiger partial charge is 0.333 e. The summed E-state index contributed by atoms with van der Waals surface area (Å²) in [7, 11) is 0. The molecule has 2 heterocycles. The minimum absolute atomic E-state index is 0.00808. The lowest BCUT2D eigenvalue weighted by Gasteiger charge is -1.99. The van der Waals surface area contributed by atoms with Crippen LogP contribution in [0.3, 0.4) is 0 Å². The molecule has 0 atom stereocenters. The first-order valence-corrected chi connectivity index (χ1v) is 9.31. The number of nitrogens with zero attached hydrogens (tertiary/aromatic N) is 3. The zero-order valence-electron chi connectivity index (χ0n) is 13.1. The minimum Gasteiger partial charge on any atom is -0.333 e. The van der Waals surface area contributed by atoms with Crippen molar-refractivity contribution in [2.75, 3.05) is 11.1 Å². The Bertz CT molecular complexity index is 1100. The molecule has 0 aliphatic carbocycles. The van der Waals surface area contributed by atoms with Crippen LogP contribution in [0.15, 0.2) is 47.6 Å². The number of nitrogens with one attached hydrogen (secondary N) is 2. The summed E-state index contributed by atoms with van der Waals surface area (Å²) in [6.45, 7) is 0. The van der Waals surface area contributed by atoms with Crippen molar-refractivity contribution in [3.05, 3.63) is 52.6 Å². The van der Waals surface area contributed by atoms with Crippen molar-refractivity contribution in [3.8, 4) is 0 Å². The summed E-state index contributed by atoms with van der Waals surface area (Å²) in [4.78, 5) is 34.1. The number of rotatable bonds is 5. The van der Waals surface area contributed by atoms with Gasteiger partial charge in [-0.1, -0.05) is 35.2 Å². The van der Waals surface area contributed by atoms with Crippen LogP contribution in [-0.4, -0.2) is 31.5 Å². The normalized spacial score (nSPS) is 11.1. The monoisotopic (exact) mass is 385 g/mol. The third kappa shape index (κ3) is 3.37. The lowest BCUT2D eigenvalue weighted by Crippen LogP contribution is -2.13. The summed E-state index contributed by atoms with van der Waals surface area (Å²) in [6.07, 6.45) is 0. The van der Waals surface area contributed by atoms with Crippen LogP contribution < -0.4 is 5.32 Å². The van der Waals surface area contributed by atoms with Crippen LogP contribution in [0.1, 0.15) is 0 Å². The maximum absolute atomic E-state index is 12.1. The summed E-state index contributed by atoms with van der Waals surface area (Å²) in [5.74, 6) is -0.0434. The number of thioether (sulfide) groups is 1. The minimum atomic E-state index is -0.460. The molecule has 1 amide bonds. The van der Waals surface area contributed by atoms with Gasteiger partial charge in [0, 0.05) is 12.1 Å². The van der Waals surface area contributed by atoms with E-state index in [0.717, 1.165) is 10.2 Å². The van der Waals surface area contributed by atoms with Crippen molar-refractivity contribution in [2.24, 2.45) is 0 Å². The molecule has 0 fully saturated rings. The Kier molecular flexibility index (Phi) is 4.27. The van der Waals surface area contributed by atoms with Crippen molar-refractivity contribution in [1.29, 1.82) is 0 Å². The number of thiazole rings is 1. The predicted octanol–water partition coefficient (Wildman–Crippen LogP) is 3.81. The number of nitro benzene ring substituents is 1. The smallest absolute Gasteiger partial charge is 0.271 e. The number of hydrogen-bond acceptors (Lipinski definition) is 7. The topological polar surface area (TPSA) is 114 Å². The first-order valence-electron chi connectivity index (χ1n) is 7.51. The fourth-order valence-corrected chi connectivity index (χ4v) is 3.94. The van der Waals surface area contributed by atoms with Crippen LogP contribution in [0.25, 0.3) is 21.3 Å². The Morgan fingerprint density at radius 1 is 1.23 bits per heavy atom. The van der Waals surface area contributed by atoms with E-state index in [1.54, 1.807) is 6.07 Å². The average molecular weight is 385 g/mol. The number of hydrogen-bond donors (Lipinski definition) is 2. The first-order chi connectivity index (χ1) is 12.6. The van der Waals surface area contributed by atoms with Crippen molar-refractivity contribution in [2.45, 2.75) is 5.16 Å². The van der Waals surface area contributed by atoms with Crippen LogP contribution in [0.4, 0.5) is 10.8 Å². The van der Waals surface area contributed by atoms with Crippen LogP contribution in [-0.2, 0) is 4.79 Å². The summed E-state index contributed by atoms with van der Waals surface area (Å²) in [5, 5.41) is 14.7. The van der Waals surface area contributed by atoms with E-state index < -0.39 is 4.92 Å². The van der Waals surface area contributed by atoms with Crippen LogP contribution in [0, 0.1) is 10.1 Å². The van der Waals surface area contributed by atoms with Crippen LogP contribution in [0.5, 0.6) is 0 Å². The van der Waals surface area contributed by atoms with Crippen molar-refractivity contribution in [1.82, 2.24) is 15.0 Å². The van der Waals surface area contributed by atoms with E-state index >= 15 is 0 Å². The summed E-state index contributed by atoms with van der Waals surface area (Å²) < 4.78 is 1.01. The van der Waals surface area contributed by atoms with Gasteiger partial charge in [0.1, 0.15) is 0 Å². The number of nitro groups is 1. The molecule has 26 heavy (non-hydrogen) atoms. The van der Waals surface area contributed by atoms with Gasteiger partial charge in [-0.15, -0.1) is 0 Å². The SMILES string of the molecule is O=C(CSc1nc2ccc([N+](=O)[O-])cc2[nH]1)Nc1nc2ccccc2s1. The third-order valence-electron chi connectivity index (χ3n) is 3.53. The average Bonchev–Trinajstić information content (AvgIpc) is 3.21. The molecule has 130 valence electrons. The number of para-hydroxylation sites is 1. The second-order valence-electron chi connectivity index (χ2n) is 5.32. The molecule has 4 aromatic rings. The Labute approximate surface area is 154 Å². The highest BCUT2D eigenvalue weighted by Crippen LogP contribution is 2.26. The van der Waals surface area contributed by atoms with Gasteiger partial charge in [0.05, 0.1) is 31.9 Å². The number of H-pyrrole nitrogens is 1. The number of non-ortho nitro benzene ring substituents is 1. The molecule has 0 spiro atoms. The van der Waals surface area contributed by atoms with Crippen molar-refractivity contribution >= 4 is 61.1 Å². The molecular formula is C16H11N5O3S2. The molecule has 0 saturated carbocycles. The fraction of sp³-hybridized carbons (Fsp3) is 0.0625. The van der Waals surface area contributed by atoms with Gasteiger partial charge in [0.2, 0.25) is 5.91 Å².